The van der Waals surface area contributed by atoms with E-state index in [0.717, 1.165) is 4.68 Å². The van der Waals surface area contributed by atoms with Gasteiger partial charge in [-0.1, -0.05) is 13.8 Å². The molecule has 0 aromatic carbocycles. The minimum absolute atomic E-state index is 0.0180. The molecule has 3 heterocycles. The van der Waals surface area contributed by atoms with Gasteiger partial charge in [0.2, 0.25) is 0 Å². The zero-order valence-corrected chi connectivity index (χ0v) is 15.5. The van der Waals surface area contributed by atoms with Crippen molar-refractivity contribution >= 4 is 10.0 Å². The minimum Gasteiger partial charge on any atom is -0.337 e. The molecule has 3 rings (SSSR count). The van der Waals surface area contributed by atoms with Gasteiger partial charge in [-0.15, -0.1) is 0 Å². The molecule has 0 aliphatic carbocycles. The Balaban J connectivity index is 2.12. The second-order valence-corrected chi connectivity index (χ2v) is 8.87. The number of aryl methyl sites for hydroxylation is 3. The molecule has 25 heavy (non-hydrogen) atoms. The van der Waals surface area contributed by atoms with Gasteiger partial charge in [0, 0.05) is 38.4 Å². The molecule has 0 bridgehead atoms. The second-order valence-electron chi connectivity index (χ2n) is 7.07. The molecular weight excluding hydrogens is 352 g/mol. The van der Waals surface area contributed by atoms with Crippen molar-refractivity contribution in [1.29, 1.82) is 0 Å². The molecule has 1 fully saturated rings. The van der Waals surface area contributed by atoms with Crippen LogP contribution in [0.25, 0.3) is 0 Å². The number of imidazole rings is 1. The number of aromatic nitrogens is 4. The van der Waals surface area contributed by atoms with Gasteiger partial charge in [0.1, 0.15) is 5.82 Å². The van der Waals surface area contributed by atoms with Crippen molar-refractivity contribution in [2.45, 2.75) is 38.3 Å². The third kappa shape index (κ3) is 2.58. The number of sulfonamides is 1. The number of alkyl halides is 2. The maximum atomic E-state index is 13.5. The van der Waals surface area contributed by atoms with Crippen molar-refractivity contribution < 1.29 is 17.2 Å². The third-order valence-electron chi connectivity index (χ3n) is 4.68. The molecule has 1 unspecified atom stereocenters. The molecule has 138 valence electrons. The van der Waals surface area contributed by atoms with E-state index in [9.17, 15) is 17.2 Å². The predicted octanol–water partition coefficient (Wildman–Crippen LogP) is 2.17. The van der Waals surface area contributed by atoms with Crippen molar-refractivity contribution in [2.75, 3.05) is 6.54 Å². The van der Waals surface area contributed by atoms with Gasteiger partial charge in [-0.2, -0.15) is 9.40 Å². The first-order chi connectivity index (χ1) is 11.5. The maximum absolute atomic E-state index is 13.5. The zero-order chi connectivity index (χ0) is 18.7. The predicted molar refractivity (Wildman–Crippen MR) is 86.5 cm³/mol. The van der Waals surface area contributed by atoms with E-state index in [1.807, 2.05) is 13.8 Å². The molecule has 1 aliphatic rings. The average Bonchev–Trinajstić information content (AvgIpc) is 3.00. The van der Waals surface area contributed by atoms with Gasteiger partial charge in [0.25, 0.3) is 16.4 Å². The van der Waals surface area contributed by atoms with E-state index < -0.39 is 33.1 Å². The Kier molecular flexibility index (Phi) is 4.03. The molecule has 2 aromatic rings. The van der Waals surface area contributed by atoms with Gasteiger partial charge < -0.3 is 4.57 Å². The summed E-state index contributed by atoms with van der Waals surface area (Å²) >= 11 is 0. The van der Waals surface area contributed by atoms with Crippen molar-refractivity contribution in [3.8, 4) is 0 Å². The van der Waals surface area contributed by atoms with E-state index in [0.29, 0.717) is 5.82 Å². The summed E-state index contributed by atoms with van der Waals surface area (Å²) in [5.41, 5.74) is -0.875. The quantitative estimate of drug-likeness (QED) is 0.823. The summed E-state index contributed by atoms with van der Waals surface area (Å²) in [6, 6.07) is -0.529. The lowest BCUT2D eigenvalue weighted by Crippen LogP contribution is -2.58. The van der Waals surface area contributed by atoms with Crippen LogP contribution in [0.4, 0.5) is 8.78 Å². The Hall–Kier alpha value is -1.81. The van der Waals surface area contributed by atoms with Gasteiger partial charge in [-0.25, -0.2) is 22.2 Å². The van der Waals surface area contributed by atoms with Crippen molar-refractivity contribution in [2.24, 2.45) is 19.5 Å². The van der Waals surface area contributed by atoms with Crippen LogP contribution in [0.5, 0.6) is 0 Å². The van der Waals surface area contributed by atoms with Crippen LogP contribution in [0.15, 0.2) is 17.4 Å². The molecule has 1 atom stereocenters. The summed E-state index contributed by atoms with van der Waals surface area (Å²) in [6.07, 6.45) is 0.403. The molecule has 2 aromatic heterocycles. The summed E-state index contributed by atoms with van der Waals surface area (Å²) in [6.45, 7) is 5.47. The number of hydrogen-bond acceptors (Lipinski definition) is 4. The Morgan fingerprint density at radius 3 is 2.44 bits per heavy atom. The summed E-state index contributed by atoms with van der Waals surface area (Å²) in [4.78, 5) is 4.26. The Bertz CT molecular complexity index is 916. The molecule has 0 spiro atoms. The lowest BCUT2D eigenvalue weighted by molar-refractivity contribution is 0.0114. The first-order valence-electron chi connectivity index (χ1n) is 7.79. The fraction of sp³-hybridized carbons (Fsp3) is 0.600. The fourth-order valence-electron chi connectivity index (χ4n) is 3.52. The Morgan fingerprint density at radius 1 is 1.32 bits per heavy atom. The highest BCUT2D eigenvalue weighted by Gasteiger charge is 2.55. The normalized spacial score (nSPS) is 20.9. The molecule has 1 saturated heterocycles. The van der Waals surface area contributed by atoms with Crippen LogP contribution in [0, 0.1) is 12.3 Å². The molecule has 7 nitrogen and oxygen atoms in total. The first-order valence-corrected chi connectivity index (χ1v) is 9.23. The minimum atomic E-state index is -4.15. The number of rotatable bonds is 4. The Morgan fingerprint density at radius 2 is 1.96 bits per heavy atom. The summed E-state index contributed by atoms with van der Waals surface area (Å²) in [5, 5.41) is 3.44. The molecule has 0 saturated carbocycles. The van der Waals surface area contributed by atoms with Gasteiger partial charge in [0.15, 0.2) is 5.03 Å². The van der Waals surface area contributed by atoms with E-state index in [2.05, 4.69) is 10.1 Å². The van der Waals surface area contributed by atoms with Crippen LogP contribution in [0.1, 0.15) is 43.4 Å². The van der Waals surface area contributed by atoms with E-state index >= 15 is 0 Å². The standard InChI is InChI=1S/C15H21F2N5O2S/c1-9-10(12(16)17)14(21(5)19-9)25(23,24)22-8-15(2,3)11(22)13-18-6-7-20(13)4/h6-7,11-12H,8H2,1-5H3. The first kappa shape index (κ1) is 18.0. The highest BCUT2D eigenvalue weighted by molar-refractivity contribution is 7.89. The third-order valence-corrected chi connectivity index (χ3v) is 6.61. The Labute approximate surface area is 145 Å². The van der Waals surface area contributed by atoms with Crippen LogP contribution in [0.2, 0.25) is 0 Å². The second kappa shape index (κ2) is 5.60. The zero-order valence-electron chi connectivity index (χ0n) is 14.7. The monoisotopic (exact) mass is 373 g/mol. The van der Waals surface area contributed by atoms with Crippen molar-refractivity contribution in [1.82, 2.24) is 23.6 Å². The molecule has 0 N–H and O–H groups in total. The van der Waals surface area contributed by atoms with Crippen LogP contribution in [-0.2, 0) is 24.1 Å². The molecular formula is C15H21F2N5O2S. The fourth-order valence-corrected chi connectivity index (χ4v) is 5.79. The van der Waals surface area contributed by atoms with E-state index in [1.54, 1.807) is 24.0 Å². The largest absolute Gasteiger partial charge is 0.337 e. The number of halogens is 2. The summed E-state index contributed by atoms with van der Waals surface area (Å²) in [7, 11) is -1.00. The summed E-state index contributed by atoms with van der Waals surface area (Å²) in [5.74, 6) is 0.581. The SMILES string of the molecule is Cc1nn(C)c(S(=O)(=O)N2CC(C)(C)C2c2nccn2C)c1C(F)F. The van der Waals surface area contributed by atoms with Gasteiger partial charge in [-0.05, 0) is 6.92 Å². The number of hydrogen-bond donors (Lipinski definition) is 0. The maximum Gasteiger partial charge on any atom is 0.268 e. The van der Waals surface area contributed by atoms with Crippen LogP contribution < -0.4 is 0 Å². The van der Waals surface area contributed by atoms with E-state index in [1.165, 1.54) is 18.3 Å². The van der Waals surface area contributed by atoms with Gasteiger partial charge in [-0.3, -0.25) is 4.68 Å². The molecule has 1 aliphatic heterocycles. The van der Waals surface area contributed by atoms with Crippen LogP contribution in [-0.4, -0.2) is 38.6 Å². The molecule has 0 amide bonds. The highest BCUT2D eigenvalue weighted by atomic mass is 32.2. The molecule has 10 heteroatoms. The van der Waals surface area contributed by atoms with Gasteiger partial charge in [0.05, 0.1) is 17.3 Å². The van der Waals surface area contributed by atoms with Crippen molar-refractivity contribution in [3.05, 3.63) is 29.5 Å². The van der Waals surface area contributed by atoms with E-state index in [-0.39, 0.29) is 17.7 Å². The lowest BCUT2D eigenvalue weighted by atomic mass is 9.76. The number of nitrogens with zero attached hydrogens (tertiary/aromatic N) is 5. The highest BCUT2D eigenvalue weighted by Crippen LogP contribution is 2.51. The average molecular weight is 373 g/mol. The molecule has 0 radical (unpaired) electrons. The topological polar surface area (TPSA) is 73.0 Å². The van der Waals surface area contributed by atoms with E-state index in [4.69, 9.17) is 0 Å². The lowest BCUT2D eigenvalue weighted by Gasteiger charge is -2.52. The van der Waals surface area contributed by atoms with Crippen molar-refractivity contribution in [3.63, 3.8) is 0 Å². The van der Waals surface area contributed by atoms with Crippen LogP contribution >= 0.6 is 0 Å². The van der Waals surface area contributed by atoms with Crippen LogP contribution in [0.3, 0.4) is 0 Å². The van der Waals surface area contributed by atoms with Gasteiger partial charge >= 0.3 is 0 Å². The summed E-state index contributed by atoms with van der Waals surface area (Å²) < 4.78 is 57.3. The smallest absolute Gasteiger partial charge is 0.268 e.